The van der Waals surface area contributed by atoms with Gasteiger partial charge in [-0.3, -0.25) is 0 Å². The van der Waals surface area contributed by atoms with Gasteiger partial charge in [-0.05, 0) is 42.0 Å². The molecular formula is C19H14O6. The van der Waals surface area contributed by atoms with Gasteiger partial charge in [-0.15, -0.1) is 0 Å². The third-order valence-corrected chi connectivity index (χ3v) is 4.26. The molecule has 2 aromatic carbocycles. The molecule has 3 aromatic rings. The van der Waals surface area contributed by atoms with Crippen LogP contribution in [-0.2, 0) is 6.61 Å². The minimum Gasteiger partial charge on any atom is -0.458 e. The van der Waals surface area contributed by atoms with E-state index >= 15 is 0 Å². The summed E-state index contributed by atoms with van der Waals surface area (Å²) in [6.07, 6.45) is 0. The fourth-order valence-corrected chi connectivity index (χ4v) is 3.05. The number of benzene rings is 2. The van der Waals surface area contributed by atoms with Crippen LogP contribution in [0.25, 0.3) is 22.5 Å². The first-order chi connectivity index (χ1) is 12.3. The van der Waals surface area contributed by atoms with Crippen molar-refractivity contribution in [2.75, 3.05) is 13.6 Å². The molecule has 126 valence electrons. The average Bonchev–Trinajstić information content (AvgIpc) is 3.37. The smallest absolute Gasteiger partial charge is 0.231 e. The highest BCUT2D eigenvalue weighted by molar-refractivity contribution is 5.82. The standard InChI is InChI=1S/C19H14O6/c20-8-13-7-14(11-1-3-15-17(5-11)23-9-21-15)19(25-13)12-2-4-16-18(6-12)24-10-22-16/h1-7,20H,8-10H2. The average molecular weight is 338 g/mol. The Morgan fingerprint density at radius 2 is 1.32 bits per heavy atom. The molecule has 0 saturated carbocycles. The molecule has 1 aromatic heterocycles. The lowest BCUT2D eigenvalue weighted by molar-refractivity contribution is 0.173. The molecule has 5 rings (SSSR count). The molecular weight excluding hydrogens is 324 g/mol. The summed E-state index contributed by atoms with van der Waals surface area (Å²) >= 11 is 0. The molecule has 0 fully saturated rings. The molecule has 0 unspecified atom stereocenters. The van der Waals surface area contributed by atoms with Crippen LogP contribution in [0.1, 0.15) is 5.76 Å². The minimum absolute atomic E-state index is 0.178. The van der Waals surface area contributed by atoms with Crippen LogP contribution in [-0.4, -0.2) is 18.7 Å². The third-order valence-electron chi connectivity index (χ3n) is 4.26. The number of ether oxygens (including phenoxy) is 4. The van der Waals surface area contributed by atoms with Crippen molar-refractivity contribution in [1.29, 1.82) is 0 Å². The van der Waals surface area contributed by atoms with E-state index in [-0.39, 0.29) is 20.2 Å². The van der Waals surface area contributed by atoms with E-state index in [1.54, 1.807) is 0 Å². The van der Waals surface area contributed by atoms with Crippen molar-refractivity contribution >= 4 is 0 Å². The first kappa shape index (κ1) is 14.2. The highest BCUT2D eigenvalue weighted by Crippen LogP contribution is 2.43. The number of furan rings is 1. The summed E-state index contributed by atoms with van der Waals surface area (Å²) in [5.74, 6) is 3.94. The van der Waals surface area contributed by atoms with E-state index in [2.05, 4.69) is 0 Å². The SMILES string of the molecule is OCc1cc(-c2ccc3c(c2)OCO3)c(-c2ccc3c(c2)OCO3)o1. The van der Waals surface area contributed by atoms with Crippen LogP contribution < -0.4 is 18.9 Å². The summed E-state index contributed by atoms with van der Waals surface area (Å²) in [6.45, 7) is 0.261. The van der Waals surface area contributed by atoms with Crippen LogP contribution in [0.4, 0.5) is 0 Å². The fourth-order valence-electron chi connectivity index (χ4n) is 3.05. The maximum absolute atomic E-state index is 9.50. The Balaban J connectivity index is 1.64. The number of rotatable bonds is 3. The Hall–Kier alpha value is -3.12. The molecule has 0 amide bonds. The van der Waals surface area contributed by atoms with Crippen molar-refractivity contribution in [1.82, 2.24) is 0 Å². The van der Waals surface area contributed by atoms with Crippen LogP contribution in [0.5, 0.6) is 23.0 Å². The van der Waals surface area contributed by atoms with E-state index in [1.807, 2.05) is 42.5 Å². The maximum atomic E-state index is 9.50. The summed E-state index contributed by atoms with van der Waals surface area (Å²) in [7, 11) is 0. The predicted molar refractivity (Wildman–Crippen MR) is 87.7 cm³/mol. The molecule has 0 bridgehead atoms. The Morgan fingerprint density at radius 1 is 0.720 bits per heavy atom. The molecule has 0 radical (unpaired) electrons. The zero-order valence-electron chi connectivity index (χ0n) is 13.2. The topological polar surface area (TPSA) is 70.3 Å². The molecule has 2 aliphatic rings. The van der Waals surface area contributed by atoms with Crippen molar-refractivity contribution in [3.05, 3.63) is 48.2 Å². The van der Waals surface area contributed by atoms with Gasteiger partial charge in [-0.25, -0.2) is 0 Å². The fraction of sp³-hybridized carbons (Fsp3) is 0.158. The monoisotopic (exact) mass is 338 g/mol. The minimum atomic E-state index is -0.178. The van der Waals surface area contributed by atoms with E-state index in [1.165, 1.54) is 0 Å². The molecule has 3 heterocycles. The number of aliphatic hydroxyl groups is 1. The molecule has 1 N–H and O–H groups in total. The van der Waals surface area contributed by atoms with E-state index in [4.69, 9.17) is 23.4 Å². The highest BCUT2D eigenvalue weighted by Gasteiger charge is 2.21. The second-order valence-corrected chi connectivity index (χ2v) is 5.75. The van der Waals surface area contributed by atoms with Gasteiger partial charge in [0.2, 0.25) is 13.6 Å². The van der Waals surface area contributed by atoms with Gasteiger partial charge in [-0.2, -0.15) is 0 Å². The van der Waals surface area contributed by atoms with Crippen LogP contribution in [0.15, 0.2) is 46.9 Å². The Labute approximate surface area is 143 Å². The molecule has 25 heavy (non-hydrogen) atoms. The predicted octanol–water partition coefficient (Wildman–Crippen LogP) is 3.56. The summed E-state index contributed by atoms with van der Waals surface area (Å²) in [5, 5.41) is 9.50. The van der Waals surface area contributed by atoms with Crippen LogP contribution in [0, 0.1) is 0 Å². The third kappa shape index (κ3) is 2.30. The summed E-state index contributed by atoms with van der Waals surface area (Å²) in [6, 6.07) is 13.2. The summed E-state index contributed by atoms with van der Waals surface area (Å²) in [4.78, 5) is 0. The van der Waals surface area contributed by atoms with Gasteiger partial charge >= 0.3 is 0 Å². The number of fused-ring (bicyclic) bond motifs is 2. The molecule has 0 spiro atoms. The lowest BCUT2D eigenvalue weighted by Crippen LogP contribution is -1.92. The van der Waals surface area contributed by atoms with Gasteiger partial charge in [0.05, 0.1) is 0 Å². The summed E-state index contributed by atoms with van der Waals surface area (Å²) in [5.41, 5.74) is 2.62. The van der Waals surface area contributed by atoms with Gasteiger partial charge in [0, 0.05) is 11.1 Å². The van der Waals surface area contributed by atoms with Crippen molar-refractivity contribution in [3.63, 3.8) is 0 Å². The second-order valence-electron chi connectivity index (χ2n) is 5.75. The Kier molecular flexibility index (Phi) is 3.11. The van der Waals surface area contributed by atoms with E-state index in [0.29, 0.717) is 28.8 Å². The van der Waals surface area contributed by atoms with Gasteiger partial charge in [0.15, 0.2) is 23.0 Å². The van der Waals surface area contributed by atoms with Gasteiger partial charge in [0.1, 0.15) is 18.1 Å². The van der Waals surface area contributed by atoms with Crippen molar-refractivity contribution < 1.29 is 28.5 Å². The van der Waals surface area contributed by atoms with Crippen LogP contribution in [0.2, 0.25) is 0 Å². The van der Waals surface area contributed by atoms with E-state index < -0.39 is 0 Å². The van der Waals surface area contributed by atoms with Crippen LogP contribution >= 0.6 is 0 Å². The molecule has 0 aliphatic carbocycles. The first-order valence-electron chi connectivity index (χ1n) is 7.85. The molecule has 2 aliphatic heterocycles. The Morgan fingerprint density at radius 3 is 2.00 bits per heavy atom. The largest absolute Gasteiger partial charge is 0.458 e. The quantitative estimate of drug-likeness (QED) is 0.787. The van der Waals surface area contributed by atoms with Gasteiger partial charge in [-0.1, -0.05) is 6.07 Å². The lowest BCUT2D eigenvalue weighted by Gasteiger charge is -2.05. The van der Waals surface area contributed by atoms with Crippen LogP contribution in [0.3, 0.4) is 0 Å². The lowest BCUT2D eigenvalue weighted by atomic mass is 10.0. The second kappa shape index (κ2) is 5.46. The maximum Gasteiger partial charge on any atom is 0.231 e. The summed E-state index contributed by atoms with van der Waals surface area (Å²) < 4.78 is 27.5. The normalized spacial score (nSPS) is 14.1. The van der Waals surface area contributed by atoms with E-state index in [0.717, 1.165) is 22.4 Å². The number of hydrogen-bond donors (Lipinski definition) is 1. The molecule has 0 atom stereocenters. The molecule has 0 saturated heterocycles. The van der Waals surface area contributed by atoms with Crippen molar-refractivity contribution in [2.24, 2.45) is 0 Å². The van der Waals surface area contributed by atoms with E-state index in [9.17, 15) is 5.11 Å². The zero-order chi connectivity index (χ0) is 16.8. The van der Waals surface area contributed by atoms with Crippen molar-refractivity contribution in [3.8, 4) is 45.4 Å². The zero-order valence-corrected chi connectivity index (χ0v) is 13.2. The number of hydrogen-bond acceptors (Lipinski definition) is 6. The van der Waals surface area contributed by atoms with Crippen molar-refractivity contribution in [2.45, 2.75) is 6.61 Å². The Bertz CT molecular complexity index is 884. The van der Waals surface area contributed by atoms with Gasteiger partial charge < -0.3 is 28.5 Å². The number of aliphatic hydroxyl groups excluding tert-OH is 1. The molecule has 6 heteroatoms. The highest BCUT2D eigenvalue weighted by atomic mass is 16.7. The molecule has 6 nitrogen and oxygen atoms in total. The van der Waals surface area contributed by atoms with Gasteiger partial charge in [0.25, 0.3) is 0 Å². The first-order valence-corrected chi connectivity index (χ1v) is 7.85.